The molecule has 1 aliphatic heterocycles. The summed E-state index contributed by atoms with van der Waals surface area (Å²) in [7, 11) is 6.35. The monoisotopic (exact) mass is 456 g/mol. The van der Waals surface area contributed by atoms with E-state index >= 15 is 0 Å². The average Bonchev–Trinajstić information content (AvgIpc) is 3.13. The van der Waals surface area contributed by atoms with Gasteiger partial charge in [0.1, 0.15) is 17.0 Å². The van der Waals surface area contributed by atoms with Crippen LogP contribution in [0.5, 0.6) is 23.0 Å². The maximum Gasteiger partial charge on any atom is 0.245 e. The van der Waals surface area contributed by atoms with E-state index in [0.29, 0.717) is 48.8 Å². The van der Waals surface area contributed by atoms with Crippen LogP contribution in [0.3, 0.4) is 0 Å². The van der Waals surface area contributed by atoms with Crippen molar-refractivity contribution in [3.05, 3.63) is 47.5 Å². The first-order valence-electron chi connectivity index (χ1n) is 10.9. The average molecular weight is 457 g/mol. The molecule has 1 fully saturated rings. The minimum absolute atomic E-state index is 0.0580. The minimum Gasteiger partial charge on any atom is -0.497 e. The van der Waals surface area contributed by atoms with Gasteiger partial charge in [0.25, 0.3) is 0 Å². The summed E-state index contributed by atoms with van der Waals surface area (Å²) in [5.74, 6) is 2.39. The molecule has 1 N–H and O–H groups in total. The number of nitrogens with zero attached hydrogens (tertiary/aromatic N) is 1. The summed E-state index contributed by atoms with van der Waals surface area (Å²) in [4.78, 5) is 27.6. The normalized spacial score (nSPS) is 17.6. The van der Waals surface area contributed by atoms with Crippen LogP contribution >= 0.6 is 0 Å². The third-order valence-electron chi connectivity index (χ3n) is 6.17. The van der Waals surface area contributed by atoms with E-state index in [4.69, 9.17) is 18.9 Å². The van der Waals surface area contributed by atoms with Gasteiger partial charge in [-0.25, -0.2) is 0 Å². The molecular weight excluding hydrogens is 424 g/mol. The molecule has 0 unspecified atom stereocenters. The van der Waals surface area contributed by atoms with Gasteiger partial charge < -0.3 is 29.2 Å². The second-order valence-corrected chi connectivity index (χ2v) is 8.13. The number of likely N-dealkylation sites (tertiary alicyclic amines) is 1. The maximum absolute atomic E-state index is 13.2. The van der Waals surface area contributed by atoms with Crippen LogP contribution in [0.2, 0.25) is 0 Å². The van der Waals surface area contributed by atoms with E-state index in [1.54, 1.807) is 45.5 Å². The molecule has 0 bridgehead atoms. The molecule has 0 aromatic heterocycles. The van der Waals surface area contributed by atoms with Crippen LogP contribution in [-0.4, -0.2) is 57.2 Å². The molecule has 8 nitrogen and oxygen atoms in total. The van der Waals surface area contributed by atoms with E-state index in [-0.39, 0.29) is 18.4 Å². The number of nitrogens with one attached hydrogen (secondary N) is 1. The number of rotatable bonds is 10. The summed E-state index contributed by atoms with van der Waals surface area (Å²) in [6, 6.07) is 11.1. The first kappa shape index (κ1) is 24.2. The Morgan fingerprint density at radius 1 is 0.970 bits per heavy atom. The van der Waals surface area contributed by atoms with Crippen LogP contribution in [-0.2, 0) is 22.6 Å². The first-order valence-corrected chi connectivity index (χ1v) is 10.9. The molecule has 1 saturated heterocycles. The van der Waals surface area contributed by atoms with Crippen LogP contribution in [0.4, 0.5) is 0 Å². The highest BCUT2D eigenvalue weighted by Gasteiger charge is 2.47. The Hall–Kier alpha value is -3.42. The lowest BCUT2D eigenvalue weighted by Gasteiger charge is -2.34. The highest BCUT2D eigenvalue weighted by Crippen LogP contribution is 2.35. The van der Waals surface area contributed by atoms with Gasteiger partial charge in [-0.3, -0.25) is 9.59 Å². The van der Waals surface area contributed by atoms with Crippen molar-refractivity contribution in [2.24, 2.45) is 0 Å². The van der Waals surface area contributed by atoms with E-state index < -0.39 is 5.54 Å². The number of amides is 2. The summed E-state index contributed by atoms with van der Waals surface area (Å²) in [5.41, 5.74) is 0.859. The second-order valence-electron chi connectivity index (χ2n) is 8.13. The standard InChI is InChI=1S/C25H32N2O6/c1-25(24(29)26-13-11-17-6-8-21(32-4)22(14-17)33-5)12-10-23(28)27(25)16-18-15-19(30-2)7-9-20(18)31-3/h6-9,14-15H,10-13,16H2,1-5H3,(H,26,29)/t25-/m0/s1. The van der Waals surface area contributed by atoms with E-state index in [9.17, 15) is 9.59 Å². The van der Waals surface area contributed by atoms with Crippen LogP contribution in [0.25, 0.3) is 0 Å². The van der Waals surface area contributed by atoms with Gasteiger partial charge in [-0.1, -0.05) is 6.07 Å². The third kappa shape index (κ3) is 5.16. The first-order chi connectivity index (χ1) is 15.9. The summed E-state index contributed by atoms with van der Waals surface area (Å²) in [6.45, 7) is 2.52. The van der Waals surface area contributed by atoms with Crippen molar-refractivity contribution < 1.29 is 28.5 Å². The van der Waals surface area contributed by atoms with Crippen molar-refractivity contribution in [2.45, 2.75) is 38.3 Å². The van der Waals surface area contributed by atoms with Gasteiger partial charge in [-0.15, -0.1) is 0 Å². The van der Waals surface area contributed by atoms with Crippen LogP contribution in [0, 0.1) is 0 Å². The Bertz CT molecular complexity index is 1010. The van der Waals surface area contributed by atoms with E-state index in [1.165, 1.54) is 0 Å². The summed E-state index contributed by atoms with van der Waals surface area (Å²) < 4.78 is 21.4. The lowest BCUT2D eigenvalue weighted by Crippen LogP contribution is -2.54. The third-order valence-corrected chi connectivity index (χ3v) is 6.17. The van der Waals surface area contributed by atoms with Crippen LogP contribution in [0.1, 0.15) is 30.9 Å². The predicted octanol–water partition coefficient (Wildman–Crippen LogP) is 2.96. The van der Waals surface area contributed by atoms with E-state index in [0.717, 1.165) is 11.1 Å². The Labute approximate surface area is 194 Å². The molecule has 1 aliphatic rings. The molecule has 2 aromatic carbocycles. The van der Waals surface area contributed by atoms with Crippen molar-refractivity contribution >= 4 is 11.8 Å². The molecule has 0 spiro atoms. The Kier molecular flexibility index (Phi) is 7.68. The van der Waals surface area contributed by atoms with Crippen molar-refractivity contribution in [3.63, 3.8) is 0 Å². The maximum atomic E-state index is 13.2. The molecule has 3 rings (SSSR count). The zero-order valence-electron chi connectivity index (χ0n) is 19.9. The SMILES string of the molecule is COc1ccc(OC)c(CN2C(=O)CC[C@@]2(C)C(=O)NCCc2ccc(OC)c(OC)c2)c1. The van der Waals surface area contributed by atoms with Gasteiger partial charge >= 0.3 is 0 Å². The van der Waals surface area contributed by atoms with Gasteiger partial charge in [0, 0.05) is 18.5 Å². The number of ether oxygens (including phenoxy) is 4. The molecule has 2 aromatic rings. The largest absolute Gasteiger partial charge is 0.497 e. The van der Waals surface area contributed by atoms with Crippen LogP contribution in [0.15, 0.2) is 36.4 Å². The fourth-order valence-electron chi connectivity index (χ4n) is 4.12. The van der Waals surface area contributed by atoms with Gasteiger partial charge in [0.05, 0.1) is 35.0 Å². The smallest absolute Gasteiger partial charge is 0.245 e. The molecule has 0 saturated carbocycles. The van der Waals surface area contributed by atoms with Gasteiger partial charge in [-0.05, 0) is 55.7 Å². The van der Waals surface area contributed by atoms with Gasteiger partial charge in [0.15, 0.2) is 11.5 Å². The lowest BCUT2D eigenvalue weighted by molar-refractivity contribution is -0.141. The molecule has 0 radical (unpaired) electrons. The number of carbonyl (C=O) groups excluding carboxylic acids is 2. The predicted molar refractivity (Wildman–Crippen MR) is 124 cm³/mol. The van der Waals surface area contributed by atoms with Crippen molar-refractivity contribution in [2.75, 3.05) is 35.0 Å². The summed E-state index contributed by atoms with van der Waals surface area (Å²) in [5, 5.41) is 3.01. The fourth-order valence-corrected chi connectivity index (χ4v) is 4.12. The van der Waals surface area contributed by atoms with Gasteiger partial charge in [-0.2, -0.15) is 0 Å². The summed E-state index contributed by atoms with van der Waals surface area (Å²) >= 11 is 0. The Morgan fingerprint density at radius 2 is 1.67 bits per heavy atom. The molecule has 1 heterocycles. The number of methoxy groups -OCH3 is 4. The highest BCUT2D eigenvalue weighted by molar-refractivity contribution is 5.94. The molecular formula is C25H32N2O6. The zero-order valence-corrected chi connectivity index (χ0v) is 19.9. The topological polar surface area (TPSA) is 86.3 Å². The zero-order chi connectivity index (χ0) is 24.0. The molecule has 1 atom stereocenters. The van der Waals surface area contributed by atoms with Crippen molar-refractivity contribution in [1.29, 1.82) is 0 Å². The summed E-state index contributed by atoms with van der Waals surface area (Å²) in [6.07, 6.45) is 1.41. The number of hydrogen-bond donors (Lipinski definition) is 1. The van der Waals surface area contributed by atoms with Crippen molar-refractivity contribution in [1.82, 2.24) is 10.2 Å². The fraction of sp³-hybridized carbons (Fsp3) is 0.440. The number of carbonyl (C=O) groups is 2. The number of hydrogen-bond acceptors (Lipinski definition) is 6. The van der Waals surface area contributed by atoms with Crippen molar-refractivity contribution in [3.8, 4) is 23.0 Å². The Balaban J connectivity index is 1.69. The molecule has 0 aliphatic carbocycles. The van der Waals surface area contributed by atoms with Crippen LogP contribution < -0.4 is 24.3 Å². The molecule has 8 heteroatoms. The van der Waals surface area contributed by atoms with E-state index in [2.05, 4.69) is 5.32 Å². The lowest BCUT2D eigenvalue weighted by atomic mass is 9.96. The quantitative estimate of drug-likeness (QED) is 0.592. The highest BCUT2D eigenvalue weighted by atomic mass is 16.5. The molecule has 2 amide bonds. The van der Waals surface area contributed by atoms with E-state index in [1.807, 2.05) is 31.2 Å². The Morgan fingerprint density at radius 3 is 2.33 bits per heavy atom. The minimum atomic E-state index is -0.942. The number of benzene rings is 2. The molecule has 33 heavy (non-hydrogen) atoms. The van der Waals surface area contributed by atoms with Gasteiger partial charge in [0.2, 0.25) is 11.8 Å². The molecule has 178 valence electrons. The second kappa shape index (κ2) is 10.5.